The van der Waals surface area contributed by atoms with Crippen LogP contribution in [0.5, 0.6) is 0 Å². The minimum atomic E-state index is -1.02. The molecule has 4 heteroatoms. The topological polar surface area (TPSA) is 66.4 Å². The first-order chi connectivity index (χ1) is 11.1. The summed E-state index contributed by atoms with van der Waals surface area (Å²) < 4.78 is 0. The summed E-state index contributed by atoms with van der Waals surface area (Å²) in [6, 6.07) is 14.1. The molecule has 0 saturated carbocycles. The number of amides is 1. The second-order valence-corrected chi connectivity index (χ2v) is 5.85. The third-order valence-electron chi connectivity index (χ3n) is 4.28. The summed E-state index contributed by atoms with van der Waals surface area (Å²) in [6.07, 6.45) is 3.20. The standard InChI is InChI=1S/C19H19NO3/c21-18(16-11-5-9-14-8-4-10-15(14)16)20-17(19(22)23)12-13-6-2-1-3-7-13/h1-3,5-7,9,11,17H,4,8,10,12H2,(H,20,21)(H,22,23). The van der Waals surface area contributed by atoms with Crippen LogP contribution in [0, 0.1) is 0 Å². The van der Waals surface area contributed by atoms with E-state index in [4.69, 9.17) is 0 Å². The molecule has 0 heterocycles. The van der Waals surface area contributed by atoms with E-state index in [1.807, 2.05) is 42.5 Å². The first-order valence-electron chi connectivity index (χ1n) is 7.83. The first kappa shape index (κ1) is 15.3. The highest BCUT2D eigenvalue weighted by atomic mass is 16.4. The van der Waals surface area contributed by atoms with E-state index < -0.39 is 12.0 Å². The van der Waals surface area contributed by atoms with Crippen molar-refractivity contribution < 1.29 is 14.7 Å². The Balaban J connectivity index is 1.77. The lowest BCUT2D eigenvalue weighted by molar-refractivity contribution is -0.139. The van der Waals surface area contributed by atoms with Crippen LogP contribution in [0.1, 0.15) is 33.5 Å². The van der Waals surface area contributed by atoms with Crippen molar-refractivity contribution in [2.24, 2.45) is 0 Å². The summed E-state index contributed by atoms with van der Waals surface area (Å²) in [5.74, 6) is -1.32. The summed E-state index contributed by atoms with van der Waals surface area (Å²) in [4.78, 5) is 24.0. The molecule has 0 radical (unpaired) electrons. The number of carboxylic acids is 1. The Labute approximate surface area is 135 Å². The number of hydrogen-bond acceptors (Lipinski definition) is 2. The van der Waals surface area contributed by atoms with Gasteiger partial charge in [0.25, 0.3) is 5.91 Å². The van der Waals surface area contributed by atoms with Crippen molar-refractivity contribution in [3.63, 3.8) is 0 Å². The van der Waals surface area contributed by atoms with Gasteiger partial charge in [-0.25, -0.2) is 4.79 Å². The molecule has 0 saturated heterocycles. The van der Waals surface area contributed by atoms with Crippen molar-refractivity contribution in [2.45, 2.75) is 31.7 Å². The molecule has 23 heavy (non-hydrogen) atoms. The highest BCUT2D eigenvalue weighted by Gasteiger charge is 2.24. The van der Waals surface area contributed by atoms with Gasteiger partial charge >= 0.3 is 5.97 Å². The van der Waals surface area contributed by atoms with Gasteiger partial charge in [0.1, 0.15) is 6.04 Å². The number of aliphatic carboxylic acids is 1. The molecule has 0 fully saturated rings. The fourth-order valence-corrected chi connectivity index (χ4v) is 3.12. The molecule has 1 amide bonds. The zero-order valence-corrected chi connectivity index (χ0v) is 12.8. The predicted octanol–water partition coefficient (Wildman–Crippen LogP) is 2.60. The Hall–Kier alpha value is -2.62. The van der Waals surface area contributed by atoms with Crippen molar-refractivity contribution in [2.75, 3.05) is 0 Å². The van der Waals surface area contributed by atoms with E-state index in [-0.39, 0.29) is 12.3 Å². The molecule has 1 unspecified atom stereocenters. The number of carbonyl (C=O) groups is 2. The van der Waals surface area contributed by atoms with E-state index in [0.29, 0.717) is 5.56 Å². The second-order valence-electron chi connectivity index (χ2n) is 5.85. The van der Waals surface area contributed by atoms with E-state index in [1.165, 1.54) is 5.56 Å². The summed E-state index contributed by atoms with van der Waals surface area (Å²) >= 11 is 0. The van der Waals surface area contributed by atoms with Gasteiger partial charge < -0.3 is 10.4 Å². The first-order valence-corrected chi connectivity index (χ1v) is 7.83. The monoisotopic (exact) mass is 309 g/mol. The van der Waals surface area contributed by atoms with E-state index in [2.05, 4.69) is 5.32 Å². The van der Waals surface area contributed by atoms with Gasteiger partial charge in [0, 0.05) is 12.0 Å². The molecular weight excluding hydrogens is 290 g/mol. The number of benzene rings is 2. The molecule has 0 aliphatic heterocycles. The molecule has 118 valence electrons. The number of fused-ring (bicyclic) bond motifs is 1. The Bertz CT molecular complexity index is 725. The third-order valence-corrected chi connectivity index (χ3v) is 4.28. The molecule has 1 atom stereocenters. The van der Waals surface area contributed by atoms with Crippen molar-refractivity contribution in [1.82, 2.24) is 5.32 Å². The van der Waals surface area contributed by atoms with Crippen molar-refractivity contribution in [1.29, 1.82) is 0 Å². The van der Waals surface area contributed by atoms with Crippen LogP contribution in [0.25, 0.3) is 0 Å². The Morgan fingerprint density at radius 2 is 1.83 bits per heavy atom. The maximum atomic E-state index is 12.5. The minimum absolute atomic E-state index is 0.275. The Morgan fingerprint density at radius 3 is 2.57 bits per heavy atom. The van der Waals surface area contributed by atoms with Crippen molar-refractivity contribution in [3.8, 4) is 0 Å². The summed E-state index contributed by atoms with van der Waals surface area (Å²) in [6.45, 7) is 0. The van der Waals surface area contributed by atoms with Crippen LogP contribution >= 0.6 is 0 Å². The molecule has 0 bridgehead atoms. The van der Waals surface area contributed by atoms with Gasteiger partial charge in [-0.1, -0.05) is 42.5 Å². The fraction of sp³-hybridized carbons (Fsp3) is 0.263. The molecule has 0 aromatic heterocycles. The third kappa shape index (κ3) is 3.42. The number of carbonyl (C=O) groups excluding carboxylic acids is 1. The number of hydrogen-bond donors (Lipinski definition) is 2. The van der Waals surface area contributed by atoms with Gasteiger partial charge in [-0.2, -0.15) is 0 Å². The fourth-order valence-electron chi connectivity index (χ4n) is 3.12. The zero-order chi connectivity index (χ0) is 16.2. The Kier molecular flexibility index (Phi) is 4.42. The van der Waals surface area contributed by atoms with Crippen molar-refractivity contribution >= 4 is 11.9 Å². The van der Waals surface area contributed by atoms with E-state index in [0.717, 1.165) is 30.4 Å². The van der Waals surface area contributed by atoms with E-state index in [1.54, 1.807) is 6.07 Å². The molecule has 0 spiro atoms. The second kappa shape index (κ2) is 6.65. The van der Waals surface area contributed by atoms with Crippen LogP contribution in [-0.4, -0.2) is 23.0 Å². The lowest BCUT2D eigenvalue weighted by Gasteiger charge is -2.16. The van der Waals surface area contributed by atoms with Crippen LogP contribution in [0.15, 0.2) is 48.5 Å². The number of carboxylic acid groups (broad SMARTS) is 1. The van der Waals surface area contributed by atoms with Gasteiger partial charge in [-0.15, -0.1) is 0 Å². The van der Waals surface area contributed by atoms with Crippen LogP contribution in [0.4, 0.5) is 0 Å². The average molecular weight is 309 g/mol. The predicted molar refractivity (Wildman–Crippen MR) is 87.5 cm³/mol. The molecule has 2 aromatic rings. The quantitative estimate of drug-likeness (QED) is 0.892. The maximum absolute atomic E-state index is 12.5. The van der Waals surface area contributed by atoms with Gasteiger partial charge in [-0.05, 0) is 42.0 Å². The van der Waals surface area contributed by atoms with E-state index in [9.17, 15) is 14.7 Å². The van der Waals surface area contributed by atoms with Crippen LogP contribution in [0.3, 0.4) is 0 Å². The largest absolute Gasteiger partial charge is 0.480 e. The molecular formula is C19H19NO3. The molecule has 2 N–H and O–H groups in total. The van der Waals surface area contributed by atoms with Crippen LogP contribution < -0.4 is 5.32 Å². The van der Waals surface area contributed by atoms with Crippen molar-refractivity contribution in [3.05, 3.63) is 70.8 Å². The van der Waals surface area contributed by atoms with Gasteiger partial charge in [0.2, 0.25) is 0 Å². The lowest BCUT2D eigenvalue weighted by Crippen LogP contribution is -2.42. The van der Waals surface area contributed by atoms with Crippen LogP contribution in [-0.2, 0) is 24.1 Å². The van der Waals surface area contributed by atoms with E-state index >= 15 is 0 Å². The average Bonchev–Trinajstić information content (AvgIpc) is 3.03. The lowest BCUT2D eigenvalue weighted by atomic mass is 10.0. The summed E-state index contributed by atoms with van der Waals surface area (Å²) in [5.41, 5.74) is 3.76. The number of aryl methyl sites for hydroxylation is 1. The highest BCUT2D eigenvalue weighted by molar-refractivity contribution is 5.98. The summed E-state index contributed by atoms with van der Waals surface area (Å²) in [5, 5.41) is 12.1. The SMILES string of the molecule is O=C(NC(Cc1ccccc1)C(=O)O)c1cccc2c1CCC2. The molecule has 2 aromatic carbocycles. The van der Waals surface area contributed by atoms with Gasteiger partial charge in [-0.3, -0.25) is 4.79 Å². The van der Waals surface area contributed by atoms with Gasteiger partial charge in [0.05, 0.1) is 0 Å². The van der Waals surface area contributed by atoms with Gasteiger partial charge in [0.15, 0.2) is 0 Å². The minimum Gasteiger partial charge on any atom is -0.480 e. The highest BCUT2D eigenvalue weighted by Crippen LogP contribution is 2.25. The maximum Gasteiger partial charge on any atom is 0.326 e. The normalized spacial score (nSPS) is 14.1. The van der Waals surface area contributed by atoms with Crippen LogP contribution in [0.2, 0.25) is 0 Å². The molecule has 1 aliphatic rings. The molecule has 1 aliphatic carbocycles. The molecule has 3 rings (SSSR count). The molecule has 4 nitrogen and oxygen atoms in total. The zero-order valence-electron chi connectivity index (χ0n) is 12.8. The summed E-state index contributed by atoms with van der Waals surface area (Å²) in [7, 11) is 0. The Morgan fingerprint density at radius 1 is 1.04 bits per heavy atom. The number of rotatable bonds is 5. The smallest absolute Gasteiger partial charge is 0.326 e. The number of nitrogens with one attached hydrogen (secondary N) is 1.